The average Bonchev–Trinajstić information content (AvgIpc) is 3.46. The van der Waals surface area contributed by atoms with Crippen molar-refractivity contribution < 1.29 is 30.0 Å². The fourth-order valence-electron chi connectivity index (χ4n) is 8.29. The maximum absolute atomic E-state index is 11.7. The van der Waals surface area contributed by atoms with E-state index in [1.165, 1.54) is 66.4 Å². The summed E-state index contributed by atoms with van der Waals surface area (Å²) in [5, 5.41) is 16.1. The van der Waals surface area contributed by atoms with Crippen LogP contribution in [-0.4, -0.2) is 28.5 Å². The second-order valence-corrected chi connectivity index (χ2v) is 20.6. The van der Waals surface area contributed by atoms with Gasteiger partial charge in [0.05, 0.1) is 30.6 Å². The molecule has 0 saturated carbocycles. The van der Waals surface area contributed by atoms with E-state index in [2.05, 4.69) is 133 Å². The van der Waals surface area contributed by atoms with E-state index in [1.54, 1.807) is 0 Å². The molecule has 55 heavy (non-hydrogen) atoms. The van der Waals surface area contributed by atoms with Gasteiger partial charge in [0.25, 0.3) is 0 Å². The van der Waals surface area contributed by atoms with Crippen molar-refractivity contribution in [3.63, 3.8) is 0 Å². The van der Waals surface area contributed by atoms with E-state index in [0.29, 0.717) is 0 Å². The normalized spacial score (nSPS) is 12.3. The molecule has 0 fully saturated rings. The van der Waals surface area contributed by atoms with Gasteiger partial charge in [0.1, 0.15) is 0 Å². The van der Waals surface area contributed by atoms with E-state index in [-0.39, 0.29) is 43.5 Å². The molecule has 0 saturated heterocycles. The molecular weight excluding hydrogens is 869 g/mol. The smallest absolute Gasteiger partial charge is 0.162 e. The zero-order valence-corrected chi connectivity index (χ0v) is 36.4. The number of aliphatic hydroxyl groups excluding tert-OH is 1. The number of fused-ring (bicyclic) bond motifs is 9. The molecule has 2 aromatic heterocycles. The molecule has 0 amide bonds. The summed E-state index contributed by atoms with van der Waals surface area (Å²) in [6.45, 7) is 15.3. The summed E-state index contributed by atoms with van der Waals surface area (Å²) < 4.78 is 2.46. The number of aromatic nitrogens is 2. The zero-order chi connectivity index (χ0) is 38.1. The van der Waals surface area contributed by atoms with Gasteiger partial charge >= 0.3 is 0 Å². The SMILES string of the molecule is CCC(CC)C(=O)/C=C(\O)C(CC)CC.C[Si](C)(C)c1cc(-c2nccc3c2c2cccc4c2n3-c2ccccc2-c2ccccc2-4)[c-]c2ccccc12.[Ir]. The molecule has 6 heteroatoms. The molecule has 283 valence electrons. The largest absolute Gasteiger partial charge is 0.512 e. The third kappa shape index (κ3) is 7.40. The number of pyridine rings is 1. The maximum atomic E-state index is 11.7. The minimum atomic E-state index is -1.63. The molecule has 4 nitrogen and oxygen atoms in total. The molecule has 0 atom stereocenters. The Morgan fingerprint density at radius 1 is 0.745 bits per heavy atom. The van der Waals surface area contributed by atoms with Crippen LogP contribution in [0.25, 0.3) is 71.8 Å². The summed E-state index contributed by atoms with van der Waals surface area (Å²) >= 11 is 0. The van der Waals surface area contributed by atoms with Crippen molar-refractivity contribution >= 4 is 51.6 Å². The Hall–Kier alpha value is -4.61. The second-order valence-electron chi connectivity index (χ2n) is 15.5. The monoisotopic (exact) mass is 920 g/mol. The van der Waals surface area contributed by atoms with E-state index < -0.39 is 8.07 Å². The van der Waals surface area contributed by atoms with E-state index >= 15 is 0 Å². The Balaban J connectivity index is 0.000000276. The van der Waals surface area contributed by atoms with Crippen LogP contribution in [0.15, 0.2) is 121 Å². The number of carbonyl (C=O) groups is 1. The van der Waals surface area contributed by atoms with Crippen LogP contribution in [0.4, 0.5) is 0 Å². The van der Waals surface area contributed by atoms with Crippen LogP contribution in [0.2, 0.25) is 19.6 Å². The number of ketones is 1. The van der Waals surface area contributed by atoms with Gasteiger partial charge in [0.2, 0.25) is 0 Å². The van der Waals surface area contributed by atoms with Crippen molar-refractivity contribution in [3.05, 3.63) is 127 Å². The molecule has 0 aliphatic carbocycles. The average molecular weight is 920 g/mol. The van der Waals surface area contributed by atoms with E-state index in [4.69, 9.17) is 4.98 Å². The molecule has 8 rings (SSSR count). The number of rotatable bonds is 9. The summed E-state index contributed by atoms with van der Waals surface area (Å²) in [5.41, 5.74) is 10.8. The Labute approximate surface area is 340 Å². The quantitative estimate of drug-likeness (QED) is 0.0679. The number of benzene rings is 5. The van der Waals surface area contributed by atoms with Crippen LogP contribution in [0.1, 0.15) is 53.4 Å². The Morgan fingerprint density at radius 2 is 1.33 bits per heavy atom. The van der Waals surface area contributed by atoms with Crippen LogP contribution in [0.5, 0.6) is 0 Å². The molecule has 3 heterocycles. The molecule has 1 aliphatic rings. The molecular formula is C49H51IrN2O2Si-. The first-order chi connectivity index (χ1) is 26.1. The van der Waals surface area contributed by atoms with Gasteiger partial charge in [0.15, 0.2) is 5.78 Å². The van der Waals surface area contributed by atoms with Crippen LogP contribution in [-0.2, 0) is 24.9 Å². The molecule has 1 N–H and O–H groups in total. The second kappa shape index (κ2) is 16.6. The van der Waals surface area contributed by atoms with E-state index in [9.17, 15) is 9.90 Å². The first kappa shape index (κ1) is 40.1. The van der Waals surface area contributed by atoms with E-state index in [0.717, 1.165) is 42.3 Å². The van der Waals surface area contributed by atoms with Crippen molar-refractivity contribution in [3.8, 4) is 39.2 Å². The fraction of sp³-hybridized carbons (Fsp3) is 0.265. The van der Waals surface area contributed by atoms with Crippen molar-refractivity contribution in [2.45, 2.75) is 73.0 Å². The van der Waals surface area contributed by atoms with Gasteiger partial charge in [-0.2, -0.15) is 0 Å². The number of hydrogen-bond acceptors (Lipinski definition) is 3. The van der Waals surface area contributed by atoms with E-state index in [1.807, 2.05) is 33.9 Å². The molecule has 1 radical (unpaired) electrons. The summed E-state index contributed by atoms with van der Waals surface area (Å²) in [5.74, 6) is 0.547. The number of allylic oxidation sites excluding steroid dienone is 2. The third-order valence-electron chi connectivity index (χ3n) is 11.3. The number of nitrogens with zero attached hydrogens (tertiary/aromatic N) is 2. The predicted octanol–water partition coefficient (Wildman–Crippen LogP) is 12.9. The first-order valence-corrected chi connectivity index (χ1v) is 23.1. The molecule has 7 aromatic rings. The summed E-state index contributed by atoms with van der Waals surface area (Å²) in [7, 11) is -1.63. The molecule has 0 unspecified atom stereocenters. The molecule has 5 aromatic carbocycles. The molecule has 0 bridgehead atoms. The number of carbonyl (C=O) groups excluding carboxylic acids is 1. The Bertz CT molecular complexity index is 2540. The van der Waals surface area contributed by atoms with Gasteiger partial charge in [-0.25, -0.2) is 0 Å². The Kier molecular flexibility index (Phi) is 12.1. The number of aliphatic hydroxyl groups is 1. The van der Waals surface area contributed by atoms with Gasteiger partial charge in [-0.1, -0.05) is 137 Å². The Morgan fingerprint density at radius 3 is 2.00 bits per heavy atom. The van der Waals surface area contributed by atoms with Gasteiger partial charge in [-0.05, 0) is 48.9 Å². The summed E-state index contributed by atoms with van der Waals surface area (Å²) in [4.78, 5) is 16.8. The van der Waals surface area contributed by atoms with Gasteiger partial charge in [-0.3, -0.25) is 9.78 Å². The van der Waals surface area contributed by atoms with Crippen LogP contribution in [0.3, 0.4) is 0 Å². The fourth-order valence-corrected chi connectivity index (χ4v) is 9.89. The van der Waals surface area contributed by atoms with Crippen molar-refractivity contribution in [2.75, 3.05) is 0 Å². The van der Waals surface area contributed by atoms with Crippen LogP contribution >= 0.6 is 0 Å². The van der Waals surface area contributed by atoms with Crippen molar-refractivity contribution in [1.29, 1.82) is 0 Å². The zero-order valence-electron chi connectivity index (χ0n) is 33.0. The standard InChI is InChI=1S/C36H27N2Si.C13H24O2.Ir/c1-39(2,3)33-22-24(21-23-11-4-5-12-25(23)33)35-34-30-17-10-16-29-27-14-7-6-13-26(27)28-15-8-9-18-31(28)38(36(29)30)32(34)19-20-37-35;1-5-10(6-2)12(14)9-13(15)11(7-3)8-4;/h4-20,22H,1-3H3;9-11,14H,5-8H2,1-4H3;/q-1;;/b;12-9-;. The minimum Gasteiger partial charge on any atom is -0.512 e. The molecule has 0 spiro atoms. The van der Waals surface area contributed by atoms with Gasteiger partial charge in [-0.15, -0.1) is 28.8 Å². The van der Waals surface area contributed by atoms with Crippen molar-refractivity contribution in [2.24, 2.45) is 11.8 Å². The maximum Gasteiger partial charge on any atom is 0.162 e. The topological polar surface area (TPSA) is 55.1 Å². The minimum absolute atomic E-state index is 0. The molecule has 1 aliphatic heterocycles. The van der Waals surface area contributed by atoms with Gasteiger partial charge in [0, 0.05) is 71.8 Å². The number of para-hydroxylation sites is 2. The summed E-state index contributed by atoms with van der Waals surface area (Å²) in [6.07, 6.45) is 6.88. The number of hydrogen-bond donors (Lipinski definition) is 1. The van der Waals surface area contributed by atoms with Gasteiger partial charge < -0.3 is 9.67 Å². The predicted molar refractivity (Wildman–Crippen MR) is 232 cm³/mol. The first-order valence-electron chi connectivity index (χ1n) is 19.6. The summed E-state index contributed by atoms with van der Waals surface area (Å²) in [6, 6.07) is 41.3. The van der Waals surface area contributed by atoms with Crippen LogP contribution in [0, 0.1) is 17.9 Å². The van der Waals surface area contributed by atoms with Crippen LogP contribution < -0.4 is 5.19 Å². The van der Waals surface area contributed by atoms with Crippen molar-refractivity contribution in [1.82, 2.24) is 9.55 Å². The third-order valence-corrected chi connectivity index (χ3v) is 13.3.